The molecule has 1 fully saturated rings. The molecule has 0 bridgehead atoms. The van der Waals surface area contributed by atoms with Gasteiger partial charge in [-0.15, -0.1) is 11.3 Å². The van der Waals surface area contributed by atoms with Crippen molar-refractivity contribution < 1.29 is 4.79 Å². The molecule has 2 amide bonds. The van der Waals surface area contributed by atoms with Crippen molar-refractivity contribution in [2.45, 2.75) is 31.7 Å². The summed E-state index contributed by atoms with van der Waals surface area (Å²) in [6.45, 7) is 0.808. The first-order chi connectivity index (χ1) is 10.7. The fourth-order valence-corrected chi connectivity index (χ4v) is 3.86. The molecule has 5 heteroatoms. The van der Waals surface area contributed by atoms with Gasteiger partial charge in [0.05, 0.1) is 6.04 Å². The molecule has 3 rings (SSSR count). The van der Waals surface area contributed by atoms with E-state index in [1.807, 2.05) is 17.0 Å². The normalized spacial score (nSPS) is 18.8. The van der Waals surface area contributed by atoms with Crippen molar-refractivity contribution in [3.8, 4) is 0 Å². The van der Waals surface area contributed by atoms with Crippen molar-refractivity contribution in [3.05, 3.63) is 51.7 Å². The molecule has 1 aliphatic rings. The van der Waals surface area contributed by atoms with E-state index in [9.17, 15) is 4.79 Å². The van der Waals surface area contributed by atoms with E-state index in [4.69, 9.17) is 11.6 Å². The second kappa shape index (κ2) is 7.16. The molecule has 0 spiro atoms. The van der Waals surface area contributed by atoms with Crippen LogP contribution < -0.4 is 5.32 Å². The van der Waals surface area contributed by atoms with Gasteiger partial charge in [-0.2, -0.15) is 0 Å². The smallest absolute Gasteiger partial charge is 0.317 e. The summed E-state index contributed by atoms with van der Waals surface area (Å²) in [7, 11) is 0. The van der Waals surface area contributed by atoms with E-state index in [2.05, 4.69) is 22.8 Å². The topological polar surface area (TPSA) is 32.3 Å². The van der Waals surface area contributed by atoms with Crippen LogP contribution in [0.4, 0.5) is 10.5 Å². The number of thiophene rings is 1. The Balaban J connectivity index is 1.76. The van der Waals surface area contributed by atoms with Crippen molar-refractivity contribution in [3.63, 3.8) is 0 Å². The zero-order chi connectivity index (χ0) is 15.4. The highest BCUT2D eigenvalue weighted by Crippen LogP contribution is 2.33. The average molecular weight is 335 g/mol. The largest absolute Gasteiger partial charge is 0.322 e. The van der Waals surface area contributed by atoms with E-state index >= 15 is 0 Å². The first kappa shape index (κ1) is 15.4. The van der Waals surface area contributed by atoms with E-state index in [1.54, 1.807) is 23.5 Å². The highest BCUT2D eigenvalue weighted by atomic mass is 35.5. The van der Waals surface area contributed by atoms with Crippen LogP contribution in [0.5, 0.6) is 0 Å². The summed E-state index contributed by atoms with van der Waals surface area (Å²) in [6.07, 6.45) is 4.46. The third-order valence-electron chi connectivity index (χ3n) is 3.98. The number of urea groups is 1. The molecule has 0 unspecified atom stereocenters. The first-order valence-electron chi connectivity index (χ1n) is 7.60. The van der Waals surface area contributed by atoms with Gasteiger partial charge < -0.3 is 10.2 Å². The number of carbonyl (C=O) groups is 1. The highest BCUT2D eigenvalue weighted by Gasteiger charge is 2.27. The molecule has 1 aromatic carbocycles. The quantitative estimate of drug-likeness (QED) is 0.767. The number of anilines is 1. The number of halogens is 1. The van der Waals surface area contributed by atoms with Crippen molar-refractivity contribution in [1.29, 1.82) is 0 Å². The molecule has 3 nitrogen and oxygen atoms in total. The minimum atomic E-state index is -0.0253. The van der Waals surface area contributed by atoms with Crippen LogP contribution in [0, 0.1) is 0 Å². The lowest BCUT2D eigenvalue weighted by Gasteiger charge is -2.29. The maximum absolute atomic E-state index is 12.7. The summed E-state index contributed by atoms with van der Waals surface area (Å²) >= 11 is 7.62. The molecule has 2 aromatic rings. The Kier molecular flexibility index (Phi) is 5.01. The number of hydrogen-bond donors (Lipinski definition) is 1. The molecule has 0 radical (unpaired) electrons. The number of carbonyl (C=O) groups excluding carboxylic acids is 1. The summed E-state index contributed by atoms with van der Waals surface area (Å²) in [6, 6.07) is 11.6. The van der Waals surface area contributed by atoms with Crippen LogP contribution in [-0.2, 0) is 0 Å². The second-order valence-corrected chi connectivity index (χ2v) is 6.93. The van der Waals surface area contributed by atoms with Crippen molar-refractivity contribution in [2.75, 3.05) is 11.9 Å². The van der Waals surface area contributed by atoms with Crippen LogP contribution in [0.25, 0.3) is 0 Å². The van der Waals surface area contributed by atoms with Crippen molar-refractivity contribution in [2.24, 2.45) is 0 Å². The van der Waals surface area contributed by atoms with E-state index in [0.29, 0.717) is 5.02 Å². The monoisotopic (exact) mass is 334 g/mol. The van der Waals surface area contributed by atoms with Gasteiger partial charge in [-0.1, -0.05) is 30.5 Å². The molecular formula is C17H19ClN2OS. The van der Waals surface area contributed by atoms with Crippen molar-refractivity contribution in [1.82, 2.24) is 4.90 Å². The minimum absolute atomic E-state index is 0.0253. The van der Waals surface area contributed by atoms with Crippen LogP contribution in [-0.4, -0.2) is 17.5 Å². The Bertz CT molecular complexity index is 612. The molecular weight excluding hydrogens is 316 g/mol. The Hall–Kier alpha value is -1.52. The Morgan fingerprint density at radius 3 is 2.73 bits per heavy atom. The average Bonchev–Trinajstić information content (AvgIpc) is 2.94. The van der Waals surface area contributed by atoms with Gasteiger partial charge in [-0.25, -0.2) is 4.79 Å². The predicted molar refractivity (Wildman–Crippen MR) is 92.7 cm³/mol. The number of likely N-dealkylation sites (tertiary alicyclic amines) is 1. The predicted octanol–water partition coefficient (Wildman–Crippen LogP) is 5.55. The van der Waals surface area contributed by atoms with Crippen LogP contribution >= 0.6 is 22.9 Å². The lowest BCUT2D eigenvalue weighted by atomic mass is 10.1. The number of amides is 2. The molecule has 22 heavy (non-hydrogen) atoms. The van der Waals surface area contributed by atoms with Crippen LogP contribution in [0.3, 0.4) is 0 Å². The molecule has 116 valence electrons. The Labute approximate surface area is 139 Å². The van der Waals surface area contributed by atoms with E-state index < -0.39 is 0 Å². The third-order valence-corrected chi connectivity index (χ3v) is 5.21. The number of nitrogens with zero attached hydrogens (tertiary/aromatic N) is 1. The zero-order valence-electron chi connectivity index (χ0n) is 12.3. The minimum Gasteiger partial charge on any atom is -0.317 e. The van der Waals surface area contributed by atoms with Crippen LogP contribution in [0.1, 0.15) is 36.6 Å². The molecule has 1 aromatic heterocycles. The summed E-state index contributed by atoms with van der Waals surface area (Å²) in [5.41, 5.74) is 0.781. The SMILES string of the molecule is O=C(Nc1ccc(Cl)cc1)N1CCCCC[C@@H]1c1cccs1. The van der Waals surface area contributed by atoms with Gasteiger partial charge in [0.15, 0.2) is 0 Å². The maximum atomic E-state index is 12.7. The molecule has 1 N–H and O–H groups in total. The number of hydrogen-bond acceptors (Lipinski definition) is 2. The molecule has 0 saturated carbocycles. The number of benzene rings is 1. The fourth-order valence-electron chi connectivity index (χ4n) is 2.86. The number of nitrogens with one attached hydrogen (secondary N) is 1. The maximum Gasteiger partial charge on any atom is 0.322 e. The van der Waals surface area contributed by atoms with Gasteiger partial charge in [0.1, 0.15) is 0 Å². The van der Waals surface area contributed by atoms with Gasteiger partial charge in [-0.3, -0.25) is 0 Å². The lowest BCUT2D eigenvalue weighted by Crippen LogP contribution is -2.37. The van der Waals surface area contributed by atoms with E-state index in [-0.39, 0.29) is 12.1 Å². The summed E-state index contributed by atoms with van der Waals surface area (Å²) in [5.74, 6) is 0. The fraction of sp³-hybridized carbons (Fsp3) is 0.353. The van der Waals surface area contributed by atoms with Crippen molar-refractivity contribution >= 4 is 34.7 Å². The van der Waals surface area contributed by atoms with Gasteiger partial charge >= 0.3 is 6.03 Å². The summed E-state index contributed by atoms with van der Waals surface area (Å²) in [5, 5.41) is 5.74. The first-order valence-corrected chi connectivity index (χ1v) is 8.86. The highest BCUT2D eigenvalue weighted by molar-refractivity contribution is 7.10. The number of rotatable bonds is 2. The van der Waals surface area contributed by atoms with Crippen LogP contribution in [0.15, 0.2) is 41.8 Å². The van der Waals surface area contributed by atoms with Crippen LogP contribution in [0.2, 0.25) is 5.02 Å². The lowest BCUT2D eigenvalue weighted by molar-refractivity contribution is 0.190. The standard InChI is InChI=1S/C17H19ClN2OS/c18-13-7-9-14(10-8-13)19-17(21)20-11-3-1-2-5-15(20)16-6-4-12-22-16/h4,6-10,12,15H,1-3,5,11H2,(H,19,21)/t15-/m1/s1. The van der Waals surface area contributed by atoms with Gasteiger partial charge in [-0.05, 0) is 48.6 Å². The molecule has 0 aliphatic carbocycles. The van der Waals surface area contributed by atoms with E-state index in [0.717, 1.165) is 25.1 Å². The summed E-state index contributed by atoms with van der Waals surface area (Å²) < 4.78 is 0. The summed E-state index contributed by atoms with van der Waals surface area (Å²) in [4.78, 5) is 15.9. The molecule has 1 saturated heterocycles. The Morgan fingerprint density at radius 2 is 2.00 bits per heavy atom. The van der Waals surface area contributed by atoms with Gasteiger partial charge in [0.2, 0.25) is 0 Å². The van der Waals surface area contributed by atoms with E-state index in [1.165, 1.54) is 17.7 Å². The Morgan fingerprint density at radius 1 is 1.18 bits per heavy atom. The molecule has 1 aliphatic heterocycles. The second-order valence-electron chi connectivity index (χ2n) is 5.51. The van der Waals surface area contributed by atoms with Gasteiger partial charge in [0.25, 0.3) is 0 Å². The van der Waals surface area contributed by atoms with Gasteiger partial charge in [0, 0.05) is 22.1 Å². The molecule has 2 heterocycles. The molecule has 1 atom stereocenters. The zero-order valence-corrected chi connectivity index (χ0v) is 13.9. The third kappa shape index (κ3) is 3.62.